The van der Waals surface area contributed by atoms with Crippen molar-refractivity contribution in [3.05, 3.63) is 87.5 Å². The van der Waals surface area contributed by atoms with Crippen molar-refractivity contribution in [2.24, 2.45) is 13.0 Å². The van der Waals surface area contributed by atoms with E-state index in [1.165, 1.54) is 17.9 Å². The lowest BCUT2D eigenvalue weighted by atomic mass is 9.98. The summed E-state index contributed by atoms with van der Waals surface area (Å²) in [6.45, 7) is 3.61. The average Bonchev–Trinajstić information content (AvgIpc) is 3.56. The molecule has 9 nitrogen and oxygen atoms in total. The number of hydrogen-bond acceptors (Lipinski definition) is 7. The van der Waals surface area contributed by atoms with Gasteiger partial charge < -0.3 is 15.2 Å². The molecule has 2 N–H and O–H groups in total. The molecule has 0 saturated carbocycles. The zero-order chi connectivity index (χ0) is 30.3. The van der Waals surface area contributed by atoms with Crippen LogP contribution in [0.4, 0.5) is 14.6 Å². The highest BCUT2D eigenvalue weighted by Gasteiger charge is 2.24. The Morgan fingerprint density at radius 2 is 1.93 bits per heavy atom. The first-order valence-corrected chi connectivity index (χ1v) is 13.6. The molecule has 0 aliphatic heterocycles. The molecule has 3 aromatic carbocycles. The number of aryl methyl sites for hydroxylation is 2. The van der Waals surface area contributed by atoms with Gasteiger partial charge in [0.1, 0.15) is 11.3 Å². The highest BCUT2D eigenvalue weighted by atomic mass is 79.9. The van der Waals surface area contributed by atoms with Crippen LogP contribution in [0.15, 0.2) is 59.2 Å². The van der Waals surface area contributed by atoms with Crippen LogP contribution in [-0.2, 0) is 23.0 Å². The molecule has 12 heteroatoms. The lowest BCUT2D eigenvalue weighted by Gasteiger charge is -2.14. The van der Waals surface area contributed by atoms with Crippen LogP contribution in [0.1, 0.15) is 34.2 Å². The topological polar surface area (TPSA) is 114 Å². The number of fused-ring (bicyclic) bond motifs is 1. The first-order chi connectivity index (χ1) is 20.0. The maximum absolute atomic E-state index is 15.2. The quantitative estimate of drug-likeness (QED) is 0.120. The summed E-state index contributed by atoms with van der Waals surface area (Å²) in [7, 11) is 3.00. The number of carbonyl (C=O) groups is 2. The van der Waals surface area contributed by atoms with Crippen LogP contribution in [0, 0.1) is 18.7 Å². The summed E-state index contributed by atoms with van der Waals surface area (Å²) in [6.07, 6.45) is 1.54. The lowest BCUT2D eigenvalue weighted by molar-refractivity contribution is -0.144. The van der Waals surface area contributed by atoms with Crippen molar-refractivity contribution in [2.75, 3.05) is 12.8 Å². The Balaban J connectivity index is 1.45. The third-order valence-electron chi connectivity index (χ3n) is 6.94. The first-order valence-electron chi connectivity index (χ1n) is 12.8. The number of carbonyl (C=O) groups excluding carboxylic acids is 2. The Morgan fingerprint density at radius 3 is 2.67 bits per heavy atom. The van der Waals surface area contributed by atoms with E-state index in [4.69, 9.17) is 15.2 Å². The lowest BCUT2D eigenvalue weighted by Crippen LogP contribution is -2.15. The van der Waals surface area contributed by atoms with Gasteiger partial charge in [0, 0.05) is 29.8 Å². The van der Waals surface area contributed by atoms with Gasteiger partial charge in [-0.3, -0.25) is 9.59 Å². The second kappa shape index (κ2) is 11.4. The number of anilines is 1. The largest absolute Gasteiger partial charge is 0.469 e. The van der Waals surface area contributed by atoms with Crippen molar-refractivity contribution < 1.29 is 27.9 Å². The minimum absolute atomic E-state index is 0.0147. The number of aromatic nitrogens is 4. The maximum atomic E-state index is 15.2. The number of methoxy groups -OCH3 is 1. The van der Waals surface area contributed by atoms with Crippen LogP contribution in [0.5, 0.6) is 11.5 Å². The Morgan fingerprint density at radius 1 is 1.17 bits per heavy atom. The molecule has 5 rings (SSSR count). The van der Waals surface area contributed by atoms with E-state index in [-0.39, 0.29) is 55.5 Å². The van der Waals surface area contributed by atoms with Crippen molar-refractivity contribution in [1.29, 1.82) is 0 Å². The third-order valence-corrected chi connectivity index (χ3v) is 7.73. The molecular weight excluding hydrogens is 612 g/mol. The summed E-state index contributed by atoms with van der Waals surface area (Å²) < 4.78 is 41.6. The van der Waals surface area contributed by atoms with E-state index in [9.17, 15) is 14.1 Å². The summed E-state index contributed by atoms with van der Waals surface area (Å²) in [6, 6.07) is 13.5. The minimum atomic E-state index is -0.913. The van der Waals surface area contributed by atoms with E-state index in [1.54, 1.807) is 50.4 Å². The minimum Gasteiger partial charge on any atom is -0.469 e. The van der Waals surface area contributed by atoms with Crippen molar-refractivity contribution >= 4 is 44.3 Å². The van der Waals surface area contributed by atoms with Gasteiger partial charge in [-0.25, -0.2) is 14.1 Å². The van der Waals surface area contributed by atoms with Gasteiger partial charge in [-0.2, -0.15) is 4.79 Å². The van der Waals surface area contributed by atoms with Gasteiger partial charge in [-0.1, -0.05) is 35.7 Å². The number of halogens is 3. The summed E-state index contributed by atoms with van der Waals surface area (Å²) in [4.78, 5) is 29.9. The van der Waals surface area contributed by atoms with E-state index >= 15 is 4.39 Å². The van der Waals surface area contributed by atoms with E-state index < -0.39 is 5.82 Å². The third kappa shape index (κ3) is 5.25. The van der Waals surface area contributed by atoms with E-state index in [0.717, 1.165) is 17.3 Å². The zero-order valence-electron chi connectivity index (χ0n) is 23.1. The molecule has 0 spiro atoms. The normalized spacial score (nSPS) is 12.0. The van der Waals surface area contributed by atoms with Gasteiger partial charge in [0.25, 0.3) is 0 Å². The standard InChI is InChI=1S/C30H26BrF2N5O4/c1-15-8-9-19(42-27-22(31)20-10-11-38(33)25(20)24(34)23(27)32)14-21(15)29-35-28(36-37(29)3)26(39)18-7-5-6-17(13-18)12-16(2)30(40)41-4/h5-11,13-14,16H,12,34H2,1-4H3. The Labute approximate surface area is 247 Å². The van der Waals surface area contributed by atoms with E-state index in [1.807, 2.05) is 13.0 Å². The van der Waals surface area contributed by atoms with Gasteiger partial charge in [-0.05, 0) is 64.7 Å². The van der Waals surface area contributed by atoms with Crippen LogP contribution in [0.3, 0.4) is 0 Å². The number of nitrogen functional groups attached to an aromatic ring is 1. The van der Waals surface area contributed by atoms with Crippen LogP contribution >= 0.6 is 15.9 Å². The monoisotopic (exact) mass is 637 g/mol. The Kier molecular flexibility index (Phi) is 7.83. The smallest absolute Gasteiger partial charge is 0.308 e. The molecule has 0 aliphatic carbocycles. The molecule has 1 unspecified atom stereocenters. The molecular formula is C30H26BrF2N5O4. The van der Waals surface area contributed by atoms with Gasteiger partial charge in [-0.15, -0.1) is 5.10 Å². The summed E-state index contributed by atoms with van der Waals surface area (Å²) in [5.74, 6) is -1.56. The predicted octanol–water partition coefficient (Wildman–Crippen LogP) is 6.34. The summed E-state index contributed by atoms with van der Waals surface area (Å²) in [5.41, 5.74) is 7.97. The van der Waals surface area contributed by atoms with Crippen LogP contribution in [-0.4, -0.2) is 38.4 Å². The zero-order valence-corrected chi connectivity index (χ0v) is 24.7. The maximum Gasteiger partial charge on any atom is 0.308 e. The number of ketones is 1. The second-order valence-electron chi connectivity index (χ2n) is 9.88. The summed E-state index contributed by atoms with van der Waals surface area (Å²) >= 11 is 3.31. The van der Waals surface area contributed by atoms with Crippen LogP contribution in [0.25, 0.3) is 22.3 Å². The fraction of sp³-hybridized carbons (Fsp3) is 0.200. The SMILES string of the molecule is COC(=O)C(C)Cc1cccc(C(=O)c2nc(-c3cc(Oc4c(F)c(N)c5c(ccn5F)c4Br)ccc3C)n(C)n2)c1. The molecule has 2 heterocycles. The summed E-state index contributed by atoms with van der Waals surface area (Å²) in [5, 5.41) is 4.69. The average molecular weight is 638 g/mol. The van der Waals surface area contributed by atoms with Gasteiger partial charge in [0.2, 0.25) is 11.6 Å². The Bertz CT molecular complexity index is 1870. The Hall–Kier alpha value is -4.58. The van der Waals surface area contributed by atoms with Crippen LogP contribution in [0.2, 0.25) is 0 Å². The number of nitrogens with two attached hydrogens (primary N) is 1. The molecule has 42 heavy (non-hydrogen) atoms. The molecule has 0 fully saturated rings. The van der Waals surface area contributed by atoms with Crippen molar-refractivity contribution in [3.8, 4) is 22.9 Å². The molecule has 2 aromatic heterocycles. The number of hydrogen-bond donors (Lipinski definition) is 1. The van der Waals surface area contributed by atoms with Crippen molar-refractivity contribution in [2.45, 2.75) is 20.3 Å². The number of rotatable bonds is 8. The molecule has 0 saturated heterocycles. The molecule has 0 bridgehead atoms. The molecule has 0 aliphatic rings. The molecule has 1 atom stereocenters. The number of nitrogens with zero attached hydrogens (tertiary/aromatic N) is 4. The van der Waals surface area contributed by atoms with E-state index in [2.05, 4.69) is 26.0 Å². The fourth-order valence-corrected chi connectivity index (χ4v) is 5.30. The van der Waals surface area contributed by atoms with E-state index in [0.29, 0.717) is 28.8 Å². The number of benzene rings is 3. The highest BCUT2D eigenvalue weighted by molar-refractivity contribution is 9.10. The molecule has 216 valence electrons. The molecule has 5 aromatic rings. The number of ether oxygens (including phenoxy) is 2. The van der Waals surface area contributed by atoms with Crippen LogP contribution < -0.4 is 10.5 Å². The first kappa shape index (κ1) is 28.9. The second-order valence-corrected chi connectivity index (χ2v) is 10.7. The van der Waals surface area contributed by atoms with Crippen molar-refractivity contribution in [1.82, 2.24) is 19.6 Å². The van der Waals surface area contributed by atoms with Gasteiger partial charge in [0.05, 0.1) is 23.2 Å². The highest BCUT2D eigenvalue weighted by Crippen LogP contribution is 2.43. The van der Waals surface area contributed by atoms with Gasteiger partial charge >= 0.3 is 5.97 Å². The van der Waals surface area contributed by atoms with Gasteiger partial charge in [0.15, 0.2) is 17.4 Å². The number of esters is 1. The molecule has 0 amide bonds. The molecule has 0 radical (unpaired) electrons. The van der Waals surface area contributed by atoms with Crippen molar-refractivity contribution in [3.63, 3.8) is 0 Å². The predicted molar refractivity (Wildman–Crippen MR) is 157 cm³/mol. The fourth-order valence-electron chi connectivity index (χ4n) is 4.73.